The second-order valence-corrected chi connectivity index (χ2v) is 11.7. The molecule has 7 heteroatoms. The van der Waals surface area contributed by atoms with Crippen molar-refractivity contribution in [1.82, 2.24) is 9.88 Å². The van der Waals surface area contributed by atoms with E-state index >= 15 is 0 Å². The fourth-order valence-electron chi connectivity index (χ4n) is 5.46. The van der Waals surface area contributed by atoms with E-state index in [2.05, 4.69) is 34.5 Å². The first-order chi connectivity index (χ1) is 18.3. The number of benzene rings is 1. The van der Waals surface area contributed by atoms with Crippen LogP contribution >= 0.6 is 0 Å². The van der Waals surface area contributed by atoms with Crippen LogP contribution in [0.25, 0.3) is 0 Å². The average Bonchev–Trinajstić information content (AvgIpc) is 3.33. The van der Waals surface area contributed by atoms with Crippen LogP contribution in [-0.4, -0.2) is 68.0 Å². The molecule has 1 fully saturated rings. The molecule has 1 N–H and O–H groups in total. The highest BCUT2D eigenvalue weighted by Crippen LogP contribution is 2.30. The van der Waals surface area contributed by atoms with Crippen molar-refractivity contribution in [3.05, 3.63) is 53.2 Å². The Labute approximate surface area is 228 Å². The van der Waals surface area contributed by atoms with Crippen LogP contribution in [0.2, 0.25) is 0 Å². The summed E-state index contributed by atoms with van der Waals surface area (Å²) in [4.78, 5) is 20.2. The number of carbonyl (C=O) groups is 1. The molecular formula is C31H45N3O4. The highest BCUT2D eigenvalue weighted by Gasteiger charge is 2.28. The van der Waals surface area contributed by atoms with E-state index in [0.29, 0.717) is 25.6 Å². The SMILES string of the molecule is COCCOc1cccc(C(CC(=O)OC(C)(C)C)CN2CCC(CCc3ccc4c(n3)NCCC4)C2)c1. The number of nitrogens with one attached hydrogen (secondary N) is 1. The smallest absolute Gasteiger partial charge is 0.306 e. The maximum absolute atomic E-state index is 12.8. The van der Waals surface area contributed by atoms with Crippen molar-refractivity contribution in [2.75, 3.05) is 51.8 Å². The Morgan fingerprint density at radius 2 is 2.08 bits per heavy atom. The van der Waals surface area contributed by atoms with Crippen LogP contribution in [-0.2, 0) is 27.1 Å². The molecule has 2 aromatic rings. The third-order valence-corrected chi connectivity index (χ3v) is 7.33. The third-order valence-electron chi connectivity index (χ3n) is 7.33. The number of aryl methyl sites for hydroxylation is 2. The molecule has 4 rings (SSSR count). The fraction of sp³-hybridized carbons (Fsp3) is 0.613. The number of rotatable bonds is 12. The first-order valence-electron chi connectivity index (χ1n) is 14.2. The molecule has 1 aromatic heterocycles. The first-order valence-corrected chi connectivity index (χ1v) is 14.2. The number of esters is 1. The van der Waals surface area contributed by atoms with E-state index in [1.807, 2.05) is 32.9 Å². The number of methoxy groups -OCH3 is 1. The molecule has 208 valence electrons. The molecule has 0 bridgehead atoms. The summed E-state index contributed by atoms with van der Waals surface area (Å²) in [5, 5.41) is 3.45. The van der Waals surface area contributed by atoms with E-state index < -0.39 is 5.60 Å². The molecule has 3 heterocycles. The van der Waals surface area contributed by atoms with E-state index in [0.717, 1.165) is 62.6 Å². The molecule has 2 aliphatic heterocycles. The van der Waals surface area contributed by atoms with Crippen molar-refractivity contribution in [2.24, 2.45) is 5.92 Å². The number of anilines is 1. The van der Waals surface area contributed by atoms with Gasteiger partial charge in [0.1, 0.15) is 23.8 Å². The normalized spacial score (nSPS) is 18.5. The van der Waals surface area contributed by atoms with Gasteiger partial charge < -0.3 is 24.4 Å². The topological polar surface area (TPSA) is 72.9 Å². The van der Waals surface area contributed by atoms with E-state index in [-0.39, 0.29) is 11.9 Å². The van der Waals surface area contributed by atoms with Gasteiger partial charge in [-0.25, -0.2) is 4.98 Å². The minimum atomic E-state index is -0.494. The minimum Gasteiger partial charge on any atom is -0.491 e. The average molecular weight is 524 g/mol. The molecule has 0 spiro atoms. The van der Waals surface area contributed by atoms with Gasteiger partial charge in [-0.2, -0.15) is 0 Å². The van der Waals surface area contributed by atoms with Gasteiger partial charge in [-0.05, 0) is 94.7 Å². The number of likely N-dealkylation sites (tertiary alicyclic amines) is 1. The van der Waals surface area contributed by atoms with Crippen molar-refractivity contribution >= 4 is 11.8 Å². The summed E-state index contributed by atoms with van der Waals surface area (Å²) < 4.78 is 16.7. The number of carbonyl (C=O) groups excluding carboxylic acids is 1. The number of hydrogen-bond donors (Lipinski definition) is 1. The number of nitrogens with zero attached hydrogens (tertiary/aromatic N) is 2. The number of hydrogen-bond acceptors (Lipinski definition) is 7. The minimum absolute atomic E-state index is 0.0444. The number of pyridine rings is 1. The van der Waals surface area contributed by atoms with Gasteiger partial charge in [-0.1, -0.05) is 18.2 Å². The Bertz CT molecular complexity index is 1050. The van der Waals surface area contributed by atoms with Crippen molar-refractivity contribution < 1.29 is 19.0 Å². The number of ether oxygens (including phenoxy) is 3. The number of fused-ring (bicyclic) bond motifs is 1. The Balaban J connectivity index is 1.36. The standard InChI is InChI=1S/C31H45N3O4/c1-31(2,3)38-29(35)20-26(25-7-5-9-28(19-25)37-18-17-36-4)22-34-16-14-23(21-34)10-12-27-13-11-24-8-6-15-32-30(24)33-27/h5,7,9,11,13,19,23,26H,6,8,10,12,14-18,20-22H2,1-4H3,(H,32,33). The van der Waals surface area contributed by atoms with Gasteiger partial charge in [0.15, 0.2) is 0 Å². The van der Waals surface area contributed by atoms with Gasteiger partial charge >= 0.3 is 5.97 Å². The summed E-state index contributed by atoms with van der Waals surface area (Å²) in [7, 11) is 1.67. The number of aromatic nitrogens is 1. The van der Waals surface area contributed by atoms with E-state index in [9.17, 15) is 4.79 Å². The van der Waals surface area contributed by atoms with Crippen LogP contribution in [0.15, 0.2) is 36.4 Å². The maximum atomic E-state index is 12.8. The van der Waals surface area contributed by atoms with E-state index in [1.54, 1.807) is 7.11 Å². The third kappa shape index (κ3) is 8.70. The Morgan fingerprint density at radius 1 is 1.21 bits per heavy atom. The molecule has 0 radical (unpaired) electrons. The molecule has 0 aliphatic carbocycles. The van der Waals surface area contributed by atoms with Crippen LogP contribution in [0.5, 0.6) is 5.75 Å². The Morgan fingerprint density at radius 3 is 2.89 bits per heavy atom. The molecule has 1 aromatic carbocycles. The predicted octanol–water partition coefficient (Wildman–Crippen LogP) is 5.24. The van der Waals surface area contributed by atoms with Gasteiger partial charge in [-0.15, -0.1) is 0 Å². The second-order valence-electron chi connectivity index (χ2n) is 11.7. The lowest BCUT2D eigenvalue weighted by Gasteiger charge is -2.26. The summed E-state index contributed by atoms with van der Waals surface area (Å²) in [6.07, 6.45) is 6.00. The van der Waals surface area contributed by atoms with Crippen LogP contribution in [0.1, 0.15) is 69.2 Å². The lowest BCUT2D eigenvalue weighted by molar-refractivity contribution is -0.155. The molecule has 0 amide bonds. The maximum Gasteiger partial charge on any atom is 0.306 e. The lowest BCUT2D eigenvalue weighted by Crippen LogP contribution is -2.30. The quantitative estimate of drug-likeness (QED) is 0.301. The van der Waals surface area contributed by atoms with Crippen LogP contribution in [0.3, 0.4) is 0 Å². The molecule has 1 saturated heterocycles. The van der Waals surface area contributed by atoms with Crippen molar-refractivity contribution in [1.29, 1.82) is 0 Å². The Kier molecular flexibility index (Phi) is 10.0. The zero-order valence-electron chi connectivity index (χ0n) is 23.6. The molecular weight excluding hydrogens is 478 g/mol. The van der Waals surface area contributed by atoms with Gasteiger partial charge in [0, 0.05) is 38.4 Å². The first kappa shape index (κ1) is 28.4. The lowest BCUT2D eigenvalue weighted by atomic mass is 9.94. The van der Waals surface area contributed by atoms with Gasteiger partial charge in [0.2, 0.25) is 0 Å². The van der Waals surface area contributed by atoms with Crippen LogP contribution in [0.4, 0.5) is 5.82 Å². The largest absolute Gasteiger partial charge is 0.491 e. The zero-order valence-corrected chi connectivity index (χ0v) is 23.6. The summed E-state index contributed by atoms with van der Waals surface area (Å²) in [6.45, 7) is 10.8. The highest BCUT2D eigenvalue weighted by molar-refractivity contribution is 5.71. The zero-order chi connectivity index (χ0) is 27.0. The van der Waals surface area contributed by atoms with Gasteiger partial charge in [-0.3, -0.25) is 4.79 Å². The molecule has 2 aliphatic rings. The van der Waals surface area contributed by atoms with Crippen LogP contribution < -0.4 is 10.1 Å². The fourth-order valence-corrected chi connectivity index (χ4v) is 5.46. The Hall–Kier alpha value is -2.64. The van der Waals surface area contributed by atoms with Crippen molar-refractivity contribution in [2.45, 2.75) is 70.8 Å². The van der Waals surface area contributed by atoms with Crippen molar-refractivity contribution in [3.63, 3.8) is 0 Å². The molecule has 38 heavy (non-hydrogen) atoms. The predicted molar refractivity (Wildman–Crippen MR) is 151 cm³/mol. The van der Waals surface area contributed by atoms with Crippen LogP contribution in [0, 0.1) is 5.92 Å². The second kappa shape index (κ2) is 13.4. The summed E-state index contributed by atoms with van der Waals surface area (Å²) in [6, 6.07) is 12.6. The molecule has 7 nitrogen and oxygen atoms in total. The monoisotopic (exact) mass is 523 g/mol. The van der Waals surface area contributed by atoms with Gasteiger partial charge in [0.05, 0.1) is 13.0 Å². The molecule has 0 saturated carbocycles. The highest BCUT2D eigenvalue weighted by atomic mass is 16.6. The molecule has 2 unspecified atom stereocenters. The van der Waals surface area contributed by atoms with Crippen molar-refractivity contribution in [3.8, 4) is 5.75 Å². The summed E-state index contributed by atoms with van der Waals surface area (Å²) in [5.41, 5.74) is 3.15. The summed E-state index contributed by atoms with van der Waals surface area (Å²) >= 11 is 0. The van der Waals surface area contributed by atoms with E-state index in [1.165, 1.54) is 24.1 Å². The molecule has 2 atom stereocenters. The summed E-state index contributed by atoms with van der Waals surface area (Å²) in [5.74, 6) is 2.42. The van der Waals surface area contributed by atoms with Gasteiger partial charge in [0.25, 0.3) is 0 Å². The van der Waals surface area contributed by atoms with E-state index in [4.69, 9.17) is 19.2 Å².